The maximum Gasteiger partial charge on any atom is 0.230 e. The maximum absolute atomic E-state index is 12.6. The average molecular weight is 328 g/mol. The number of aromatic nitrogens is 1. The van der Waals surface area contributed by atoms with Gasteiger partial charge in [0.2, 0.25) is 5.91 Å². The Hall–Kier alpha value is -2.14. The summed E-state index contributed by atoms with van der Waals surface area (Å²) in [5.41, 5.74) is 0.943. The molecule has 0 bridgehead atoms. The first-order valence-corrected chi connectivity index (χ1v) is 8.44. The molecule has 1 atom stereocenters. The molecule has 2 heterocycles. The van der Waals surface area contributed by atoms with E-state index in [0.717, 1.165) is 25.8 Å². The summed E-state index contributed by atoms with van der Waals surface area (Å²) in [6.07, 6.45) is 4.47. The van der Waals surface area contributed by atoms with E-state index in [1.807, 2.05) is 23.1 Å². The van der Waals surface area contributed by atoms with E-state index in [1.54, 1.807) is 13.1 Å². The molecular weight excluding hydrogens is 304 g/mol. The Labute approximate surface area is 142 Å². The van der Waals surface area contributed by atoms with Gasteiger partial charge in [0.1, 0.15) is 5.76 Å². The lowest BCUT2D eigenvalue weighted by Crippen LogP contribution is -2.49. The van der Waals surface area contributed by atoms with Crippen LogP contribution in [-0.2, 0) is 17.6 Å². The van der Waals surface area contributed by atoms with Crippen LogP contribution in [-0.4, -0.2) is 40.6 Å². The minimum absolute atomic E-state index is 0.0386. The number of amides is 1. The summed E-state index contributed by atoms with van der Waals surface area (Å²) in [5, 5.41) is 10.0. The minimum atomic E-state index is -0.257. The van der Waals surface area contributed by atoms with E-state index in [-0.39, 0.29) is 24.3 Å². The van der Waals surface area contributed by atoms with Gasteiger partial charge in [0.25, 0.3) is 0 Å². The lowest BCUT2D eigenvalue weighted by atomic mass is 9.75. The number of aliphatic hydroxyl groups is 1. The number of piperidine rings is 1. The van der Waals surface area contributed by atoms with Crippen molar-refractivity contribution in [3.63, 3.8) is 0 Å². The van der Waals surface area contributed by atoms with Crippen LogP contribution in [0.3, 0.4) is 0 Å². The van der Waals surface area contributed by atoms with Crippen molar-refractivity contribution in [3.05, 3.63) is 53.7 Å². The first kappa shape index (κ1) is 16.7. The lowest BCUT2D eigenvalue weighted by molar-refractivity contribution is -0.135. The van der Waals surface area contributed by atoms with Crippen molar-refractivity contribution in [2.45, 2.75) is 32.6 Å². The minimum Gasteiger partial charge on any atom is -0.446 e. The molecule has 1 aliphatic heterocycles. The highest BCUT2D eigenvalue weighted by molar-refractivity contribution is 5.78. The summed E-state index contributed by atoms with van der Waals surface area (Å²) < 4.78 is 5.41. The third kappa shape index (κ3) is 3.85. The Balaban J connectivity index is 1.68. The summed E-state index contributed by atoms with van der Waals surface area (Å²) in [6, 6.07) is 10.2. The second-order valence-electron chi connectivity index (χ2n) is 6.76. The molecule has 2 aromatic rings. The van der Waals surface area contributed by atoms with Crippen LogP contribution >= 0.6 is 0 Å². The second-order valence-corrected chi connectivity index (χ2v) is 6.76. The first-order chi connectivity index (χ1) is 11.6. The van der Waals surface area contributed by atoms with Gasteiger partial charge in [-0.25, -0.2) is 4.98 Å². The zero-order valence-electron chi connectivity index (χ0n) is 14.1. The van der Waals surface area contributed by atoms with Crippen LogP contribution in [0, 0.1) is 12.3 Å². The van der Waals surface area contributed by atoms with Crippen molar-refractivity contribution in [1.82, 2.24) is 9.88 Å². The zero-order valence-corrected chi connectivity index (χ0v) is 14.1. The molecule has 0 spiro atoms. The monoisotopic (exact) mass is 328 g/mol. The van der Waals surface area contributed by atoms with Crippen LogP contribution in [0.1, 0.15) is 30.1 Å². The molecule has 5 heteroatoms. The molecule has 0 aliphatic carbocycles. The predicted molar refractivity (Wildman–Crippen MR) is 90.4 cm³/mol. The smallest absolute Gasteiger partial charge is 0.230 e. The molecule has 0 saturated carbocycles. The molecule has 3 rings (SSSR count). The fraction of sp³-hybridized carbons (Fsp3) is 0.474. The normalized spacial score (nSPS) is 21.0. The molecule has 1 amide bonds. The lowest BCUT2D eigenvalue weighted by Gasteiger charge is -2.42. The van der Waals surface area contributed by atoms with Gasteiger partial charge >= 0.3 is 0 Å². The Morgan fingerprint density at radius 3 is 2.83 bits per heavy atom. The van der Waals surface area contributed by atoms with Crippen molar-refractivity contribution >= 4 is 5.91 Å². The number of carbonyl (C=O) groups is 1. The van der Waals surface area contributed by atoms with E-state index in [4.69, 9.17) is 4.42 Å². The number of aryl methyl sites for hydroxylation is 1. The van der Waals surface area contributed by atoms with Gasteiger partial charge in [-0.15, -0.1) is 0 Å². The molecular formula is C19H24N2O3. The predicted octanol–water partition coefficient (Wildman–Crippen LogP) is 2.37. The Morgan fingerprint density at radius 2 is 2.17 bits per heavy atom. The van der Waals surface area contributed by atoms with Gasteiger partial charge in [0.15, 0.2) is 5.89 Å². The molecule has 0 radical (unpaired) electrons. The van der Waals surface area contributed by atoms with Crippen molar-refractivity contribution in [3.8, 4) is 0 Å². The number of benzene rings is 1. The topological polar surface area (TPSA) is 66.6 Å². The van der Waals surface area contributed by atoms with Gasteiger partial charge in [-0.2, -0.15) is 0 Å². The van der Waals surface area contributed by atoms with Gasteiger partial charge in [-0.05, 0) is 24.8 Å². The van der Waals surface area contributed by atoms with Crippen molar-refractivity contribution < 1.29 is 14.3 Å². The fourth-order valence-corrected chi connectivity index (χ4v) is 3.53. The highest BCUT2D eigenvalue weighted by Crippen LogP contribution is 2.33. The van der Waals surface area contributed by atoms with Gasteiger partial charge in [-0.1, -0.05) is 30.3 Å². The quantitative estimate of drug-likeness (QED) is 0.915. The Kier molecular flexibility index (Phi) is 5.00. The Bertz CT molecular complexity index is 683. The van der Waals surface area contributed by atoms with Crippen LogP contribution < -0.4 is 0 Å². The molecule has 1 aliphatic rings. The number of aliphatic hydroxyl groups excluding tert-OH is 1. The number of likely N-dealkylation sites (tertiary alicyclic amines) is 1. The molecule has 1 N–H and O–H groups in total. The summed E-state index contributed by atoms with van der Waals surface area (Å²) in [6.45, 7) is 3.19. The Morgan fingerprint density at radius 1 is 1.38 bits per heavy atom. The third-order valence-corrected chi connectivity index (χ3v) is 4.77. The van der Waals surface area contributed by atoms with Crippen LogP contribution in [0.25, 0.3) is 0 Å². The number of oxazole rings is 1. The van der Waals surface area contributed by atoms with Crippen molar-refractivity contribution in [2.24, 2.45) is 5.41 Å². The standard InChI is InChI=1S/C19H24N2O3/c1-15-20-12-17(24-15)10-18(23)21-9-5-8-19(13-21,14-22)11-16-6-3-2-4-7-16/h2-4,6-7,12,22H,5,8-11,13-14H2,1H3. The average Bonchev–Trinajstić information content (AvgIpc) is 3.01. The van der Waals surface area contributed by atoms with Crippen LogP contribution in [0.15, 0.2) is 40.9 Å². The molecule has 24 heavy (non-hydrogen) atoms. The molecule has 1 aromatic carbocycles. The molecule has 1 unspecified atom stereocenters. The molecule has 1 aromatic heterocycles. The molecule has 1 fully saturated rings. The number of nitrogens with zero attached hydrogens (tertiary/aromatic N) is 2. The van der Waals surface area contributed by atoms with E-state index < -0.39 is 0 Å². The second kappa shape index (κ2) is 7.18. The van der Waals surface area contributed by atoms with Crippen molar-refractivity contribution in [1.29, 1.82) is 0 Å². The molecule has 5 nitrogen and oxygen atoms in total. The maximum atomic E-state index is 12.6. The number of rotatable bonds is 5. The van der Waals surface area contributed by atoms with Crippen molar-refractivity contribution in [2.75, 3.05) is 19.7 Å². The summed E-state index contributed by atoms with van der Waals surface area (Å²) in [5.74, 6) is 1.21. The van der Waals surface area contributed by atoms with Crippen LogP contribution in [0.4, 0.5) is 0 Å². The highest BCUT2D eigenvalue weighted by atomic mass is 16.4. The van der Waals surface area contributed by atoms with Gasteiger partial charge in [0, 0.05) is 25.4 Å². The summed E-state index contributed by atoms with van der Waals surface area (Å²) in [7, 11) is 0. The summed E-state index contributed by atoms with van der Waals surface area (Å²) >= 11 is 0. The number of hydrogen-bond acceptors (Lipinski definition) is 4. The van der Waals surface area contributed by atoms with E-state index in [2.05, 4.69) is 17.1 Å². The first-order valence-electron chi connectivity index (χ1n) is 8.44. The third-order valence-electron chi connectivity index (χ3n) is 4.77. The number of carbonyl (C=O) groups excluding carboxylic acids is 1. The van der Waals surface area contributed by atoms with Crippen LogP contribution in [0.2, 0.25) is 0 Å². The van der Waals surface area contributed by atoms with Gasteiger partial charge in [0.05, 0.1) is 19.2 Å². The SMILES string of the molecule is Cc1ncc(CC(=O)N2CCCC(CO)(Cc3ccccc3)C2)o1. The largest absolute Gasteiger partial charge is 0.446 e. The van der Waals surface area contributed by atoms with Gasteiger partial charge in [-0.3, -0.25) is 4.79 Å². The highest BCUT2D eigenvalue weighted by Gasteiger charge is 2.36. The van der Waals surface area contributed by atoms with E-state index in [9.17, 15) is 9.90 Å². The zero-order chi connectivity index (χ0) is 17.0. The van der Waals surface area contributed by atoms with E-state index in [0.29, 0.717) is 18.2 Å². The van der Waals surface area contributed by atoms with E-state index in [1.165, 1.54) is 5.56 Å². The summed E-state index contributed by atoms with van der Waals surface area (Å²) in [4.78, 5) is 18.5. The molecule has 128 valence electrons. The van der Waals surface area contributed by atoms with Gasteiger partial charge < -0.3 is 14.4 Å². The van der Waals surface area contributed by atoms with Crippen LogP contribution in [0.5, 0.6) is 0 Å². The fourth-order valence-electron chi connectivity index (χ4n) is 3.53. The van der Waals surface area contributed by atoms with E-state index >= 15 is 0 Å². The number of hydrogen-bond donors (Lipinski definition) is 1. The molecule has 1 saturated heterocycles.